The Balaban J connectivity index is 2.16. The lowest BCUT2D eigenvalue weighted by Crippen LogP contribution is -2.34. The van der Waals surface area contributed by atoms with Crippen LogP contribution in [0.4, 0.5) is 0 Å². The average Bonchev–Trinajstić information content (AvgIpc) is 2.99. The van der Waals surface area contributed by atoms with Crippen molar-refractivity contribution in [2.45, 2.75) is 31.0 Å². The molecule has 0 aliphatic rings. The predicted octanol–water partition coefficient (Wildman–Crippen LogP) is 3.91. The summed E-state index contributed by atoms with van der Waals surface area (Å²) in [7, 11) is -3.91. The number of hydrogen-bond donors (Lipinski definition) is 1. The van der Waals surface area contributed by atoms with E-state index in [1.807, 2.05) is 0 Å². The van der Waals surface area contributed by atoms with E-state index in [0.717, 1.165) is 0 Å². The highest BCUT2D eigenvalue weighted by atomic mass is 35.5. The lowest BCUT2D eigenvalue weighted by atomic mass is 10.1. The Morgan fingerprint density at radius 1 is 1.15 bits per heavy atom. The molecule has 0 saturated heterocycles. The molecule has 142 valence electrons. The molecule has 1 N–H and O–H groups in total. The van der Waals surface area contributed by atoms with E-state index in [-0.39, 0.29) is 11.5 Å². The third kappa shape index (κ3) is 3.71. The molecule has 0 radical (unpaired) electrons. The summed E-state index contributed by atoms with van der Waals surface area (Å²) >= 11 is 6.04. The number of carboxylic acid groups (broad SMARTS) is 1. The van der Waals surface area contributed by atoms with Gasteiger partial charge in [0, 0.05) is 10.4 Å². The van der Waals surface area contributed by atoms with Crippen LogP contribution < -0.4 is 0 Å². The highest BCUT2D eigenvalue weighted by molar-refractivity contribution is 7.90. The van der Waals surface area contributed by atoms with Gasteiger partial charge in [-0.25, -0.2) is 17.2 Å². The number of aliphatic carboxylic acids is 1. The molecule has 6 nitrogen and oxygen atoms in total. The van der Waals surface area contributed by atoms with Gasteiger partial charge in [0.1, 0.15) is 0 Å². The second-order valence-electron chi connectivity index (χ2n) is 6.53. The Kier molecular flexibility index (Phi) is 5.03. The summed E-state index contributed by atoms with van der Waals surface area (Å²) in [6.45, 7) is 2.62. The Morgan fingerprint density at radius 3 is 2.44 bits per heavy atom. The molecular formula is C19H18ClNO5S. The second kappa shape index (κ2) is 6.99. The van der Waals surface area contributed by atoms with Crippen molar-refractivity contribution in [2.24, 2.45) is 0 Å². The largest absolute Gasteiger partial charge is 0.479 e. The van der Waals surface area contributed by atoms with Gasteiger partial charge in [0.2, 0.25) is 0 Å². The third-order valence-corrected chi connectivity index (χ3v) is 6.18. The maximum Gasteiger partial charge on any atom is 0.335 e. The van der Waals surface area contributed by atoms with Crippen molar-refractivity contribution in [2.75, 3.05) is 0 Å². The Bertz CT molecular complexity index is 1100. The summed E-state index contributed by atoms with van der Waals surface area (Å²) in [5.41, 5.74) is -0.712. The molecule has 1 heterocycles. The van der Waals surface area contributed by atoms with E-state index >= 15 is 0 Å². The van der Waals surface area contributed by atoms with E-state index < -0.39 is 21.6 Å². The van der Waals surface area contributed by atoms with E-state index in [9.17, 15) is 18.3 Å². The van der Waals surface area contributed by atoms with Crippen LogP contribution in [0.15, 0.2) is 59.5 Å². The van der Waals surface area contributed by atoms with E-state index in [0.29, 0.717) is 21.6 Å². The maximum absolute atomic E-state index is 13.2. The second-order valence-corrected chi connectivity index (χ2v) is 8.75. The van der Waals surface area contributed by atoms with Gasteiger partial charge < -0.3 is 9.84 Å². The molecule has 27 heavy (non-hydrogen) atoms. The summed E-state index contributed by atoms with van der Waals surface area (Å²) in [5.74, 6) is -1.14. The summed E-state index contributed by atoms with van der Waals surface area (Å²) in [4.78, 5) is 11.4. The van der Waals surface area contributed by atoms with E-state index in [2.05, 4.69) is 0 Å². The number of hydrogen-bond acceptors (Lipinski definition) is 4. The van der Waals surface area contributed by atoms with Crippen molar-refractivity contribution in [1.82, 2.24) is 3.97 Å². The first-order valence-electron chi connectivity index (χ1n) is 8.11. The first-order valence-corrected chi connectivity index (χ1v) is 9.92. The monoisotopic (exact) mass is 407 g/mol. The van der Waals surface area contributed by atoms with Crippen molar-refractivity contribution < 1.29 is 23.1 Å². The quantitative estimate of drug-likeness (QED) is 0.669. The first-order chi connectivity index (χ1) is 12.6. The minimum Gasteiger partial charge on any atom is -0.479 e. The fraction of sp³-hybridized carbons (Fsp3) is 0.211. The van der Waals surface area contributed by atoms with Crippen LogP contribution >= 0.6 is 11.6 Å². The highest BCUT2D eigenvalue weighted by Gasteiger charge is 2.30. The molecule has 0 saturated carbocycles. The van der Waals surface area contributed by atoms with Gasteiger partial charge in [-0.2, -0.15) is 0 Å². The Hall–Kier alpha value is -2.35. The molecule has 0 unspecified atom stereocenters. The van der Waals surface area contributed by atoms with Crippen LogP contribution in [0.3, 0.4) is 0 Å². The number of fused-ring (bicyclic) bond motifs is 1. The number of halogens is 1. The molecule has 1 aromatic heterocycles. The van der Waals surface area contributed by atoms with Crippen molar-refractivity contribution in [1.29, 1.82) is 0 Å². The van der Waals surface area contributed by atoms with Crippen LogP contribution in [0.5, 0.6) is 0 Å². The third-order valence-electron chi connectivity index (χ3n) is 4.17. The maximum atomic E-state index is 13.2. The van der Waals surface area contributed by atoms with Crippen molar-refractivity contribution in [3.63, 3.8) is 0 Å². The zero-order valence-corrected chi connectivity index (χ0v) is 16.3. The van der Waals surface area contributed by atoms with Gasteiger partial charge in [0.25, 0.3) is 10.0 Å². The molecular weight excluding hydrogens is 390 g/mol. The van der Waals surface area contributed by atoms with E-state index in [4.69, 9.17) is 16.3 Å². The summed E-state index contributed by atoms with van der Waals surface area (Å²) in [6, 6.07) is 14.5. The molecule has 0 amide bonds. The van der Waals surface area contributed by atoms with Gasteiger partial charge in [-0.1, -0.05) is 29.8 Å². The number of carbonyl (C=O) groups is 1. The Morgan fingerprint density at radius 2 is 1.81 bits per heavy atom. The van der Waals surface area contributed by atoms with Crippen LogP contribution in [0.1, 0.15) is 19.5 Å². The van der Waals surface area contributed by atoms with Gasteiger partial charge in [0.05, 0.1) is 22.7 Å². The average molecular weight is 408 g/mol. The highest BCUT2D eigenvalue weighted by Crippen LogP contribution is 2.29. The smallest absolute Gasteiger partial charge is 0.335 e. The van der Waals surface area contributed by atoms with Gasteiger partial charge in [-0.15, -0.1) is 0 Å². The fourth-order valence-electron chi connectivity index (χ4n) is 2.62. The van der Waals surface area contributed by atoms with Crippen molar-refractivity contribution in [3.8, 4) is 0 Å². The molecule has 0 aliphatic heterocycles. The zero-order valence-electron chi connectivity index (χ0n) is 14.7. The summed E-state index contributed by atoms with van der Waals surface area (Å²) < 4.78 is 33.1. The Labute approximate surface area is 162 Å². The molecule has 0 spiro atoms. The molecule has 2 aromatic carbocycles. The molecule has 0 aliphatic carbocycles. The predicted molar refractivity (Wildman–Crippen MR) is 102 cm³/mol. The molecule has 3 rings (SSSR count). The van der Waals surface area contributed by atoms with E-state index in [1.54, 1.807) is 42.5 Å². The van der Waals surface area contributed by atoms with Crippen molar-refractivity contribution >= 4 is 38.5 Å². The van der Waals surface area contributed by atoms with Gasteiger partial charge in [-0.05, 0) is 50.2 Å². The minimum atomic E-state index is -3.91. The molecule has 0 bridgehead atoms. The topological polar surface area (TPSA) is 85.6 Å². The van der Waals surface area contributed by atoms with Crippen LogP contribution in [0, 0.1) is 0 Å². The lowest BCUT2D eigenvalue weighted by molar-refractivity contribution is -0.162. The first kappa shape index (κ1) is 19.4. The van der Waals surface area contributed by atoms with Crippen LogP contribution in [-0.4, -0.2) is 29.1 Å². The number of rotatable bonds is 6. The lowest BCUT2D eigenvalue weighted by Gasteiger charge is -2.20. The number of nitrogens with zero attached hydrogens (tertiary/aromatic N) is 1. The zero-order chi connectivity index (χ0) is 19.8. The number of carboxylic acids is 1. The molecule has 0 atom stereocenters. The fourth-order valence-corrected chi connectivity index (χ4v) is 4.35. The van der Waals surface area contributed by atoms with Gasteiger partial charge in [0.15, 0.2) is 5.60 Å². The van der Waals surface area contributed by atoms with Gasteiger partial charge in [-0.3, -0.25) is 0 Å². The van der Waals surface area contributed by atoms with Crippen LogP contribution in [0.25, 0.3) is 10.9 Å². The summed E-state index contributed by atoms with van der Waals surface area (Å²) in [6.07, 6.45) is 0. The SMILES string of the molecule is CC(C)(OCc1cc2cc(Cl)ccc2n1S(=O)(=O)c1ccccc1)C(=O)O. The van der Waals surface area contributed by atoms with Crippen molar-refractivity contribution in [3.05, 3.63) is 65.3 Å². The number of ether oxygens (including phenoxy) is 1. The minimum absolute atomic E-state index is 0.121. The normalized spacial score (nSPS) is 12.4. The standard InChI is InChI=1S/C19H18ClNO5S/c1-19(2,18(22)23)26-12-15-11-13-10-14(20)8-9-17(13)21(15)27(24,25)16-6-4-3-5-7-16/h3-11H,12H2,1-2H3,(H,22,23). The van der Waals surface area contributed by atoms with E-state index in [1.165, 1.54) is 30.0 Å². The van der Waals surface area contributed by atoms with Crippen LogP contribution in [0.2, 0.25) is 5.02 Å². The molecule has 0 fully saturated rings. The summed E-state index contributed by atoms with van der Waals surface area (Å²) in [5, 5.41) is 10.3. The molecule has 8 heteroatoms. The number of aromatic nitrogens is 1. The van der Waals surface area contributed by atoms with Gasteiger partial charge >= 0.3 is 5.97 Å². The number of benzene rings is 2. The molecule has 3 aromatic rings. The van der Waals surface area contributed by atoms with Crippen LogP contribution in [-0.2, 0) is 26.2 Å².